The molecule has 7 N–H and O–H groups in total. The molecule has 124 heavy (non-hydrogen) atoms. The summed E-state index contributed by atoms with van der Waals surface area (Å²) in [5, 5.41) is 53.2. The molecular formula is C86H88N34S4. The molecule has 1 fully saturated rings. The van der Waals surface area contributed by atoms with Crippen LogP contribution in [-0.2, 0) is 35.2 Å². The Morgan fingerprint density at radius 3 is 1.31 bits per heavy atom. The van der Waals surface area contributed by atoms with Gasteiger partial charge < -0.3 is 37.2 Å². The number of thiophene rings is 2. The smallest absolute Gasteiger partial charge is 0.180 e. The summed E-state index contributed by atoms with van der Waals surface area (Å²) in [7, 11) is 9.54. The molecule has 20 aromatic rings. The van der Waals surface area contributed by atoms with Crippen molar-refractivity contribution in [1.82, 2.24) is 140 Å². The van der Waals surface area contributed by atoms with Gasteiger partial charge in [0, 0.05) is 174 Å². The van der Waals surface area contributed by atoms with E-state index in [0.29, 0.717) is 11.8 Å². The summed E-state index contributed by atoms with van der Waals surface area (Å²) in [6, 6.07) is 16.6. The van der Waals surface area contributed by atoms with Crippen molar-refractivity contribution in [3.63, 3.8) is 0 Å². The molecule has 0 spiro atoms. The molecule has 1 saturated heterocycles. The highest BCUT2D eigenvalue weighted by Crippen LogP contribution is 2.39. The van der Waals surface area contributed by atoms with E-state index in [0.717, 1.165) is 202 Å². The molecule has 22 rings (SSSR count). The normalized spacial score (nSPS) is 12.9. The Labute approximate surface area is 727 Å². The number of hydrogen-bond acceptors (Lipinski definition) is 28. The second-order valence-corrected chi connectivity index (χ2v) is 33.6. The lowest BCUT2D eigenvalue weighted by Crippen LogP contribution is -2.27. The average molecular weight is 1730 g/mol. The molecule has 2 aliphatic rings. The van der Waals surface area contributed by atoms with Crippen LogP contribution in [0.25, 0.3) is 90.1 Å². The molecule has 1 aromatic carbocycles. The lowest BCUT2D eigenvalue weighted by Gasteiger charge is -2.23. The van der Waals surface area contributed by atoms with Crippen LogP contribution in [-0.4, -0.2) is 156 Å². The molecule has 0 amide bonds. The highest BCUT2D eigenvalue weighted by molar-refractivity contribution is 7.14. The van der Waals surface area contributed by atoms with E-state index in [1.807, 2.05) is 206 Å². The number of fused-ring (bicyclic) bond motifs is 5. The van der Waals surface area contributed by atoms with Gasteiger partial charge in [0.2, 0.25) is 0 Å². The summed E-state index contributed by atoms with van der Waals surface area (Å²) >= 11 is 6.20. The lowest BCUT2D eigenvalue weighted by molar-refractivity contribution is 0.452. The summed E-state index contributed by atoms with van der Waals surface area (Å²) in [6.07, 6.45) is 50.7. The minimum atomic E-state index is 0.443. The van der Waals surface area contributed by atoms with Crippen LogP contribution in [0.3, 0.4) is 0 Å². The van der Waals surface area contributed by atoms with Crippen molar-refractivity contribution >= 4 is 134 Å². The Bertz CT molecular complexity index is 7100. The fourth-order valence-electron chi connectivity index (χ4n) is 14.8. The summed E-state index contributed by atoms with van der Waals surface area (Å²) in [6.45, 7) is 14.4. The predicted molar refractivity (Wildman–Crippen MR) is 490 cm³/mol. The zero-order valence-electron chi connectivity index (χ0n) is 69.5. The molecule has 0 radical (unpaired) electrons. The van der Waals surface area contributed by atoms with E-state index in [-0.39, 0.29) is 0 Å². The van der Waals surface area contributed by atoms with Gasteiger partial charge in [0.15, 0.2) is 57.3 Å². The molecule has 38 heteroatoms. The first-order valence-corrected chi connectivity index (χ1v) is 43.5. The van der Waals surface area contributed by atoms with Crippen molar-refractivity contribution in [2.24, 2.45) is 35.2 Å². The van der Waals surface area contributed by atoms with Crippen LogP contribution < -0.4 is 37.2 Å². The number of hydrogen-bond donors (Lipinski definition) is 7. The molecule has 0 unspecified atom stereocenters. The molecule has 21 heterocycles. The van der Waals surface area contributed by atoms with Gasteiger partial charge in [-0.15, -0.1) is 22.7 Å². The van der Waals surface area contributed by atoms with Crippen molar-refractivity contribution in [3.05, 3.63) is 248 Å². The van der Waals surface area contributed by atoms with Gasteiger partial charge in [-0.1, -0.05) is 32.1 Å². The molecule has 0 saturated carbocycles. The zero-order chi connectivity index (χ0) is 84.9. The number of nitrogens with zero attached hydrogens (tertiary/aromatic N) is 27. The standard InChI is InChI=1S/C19H22N8S.C19H20N8S.C19H20N6.C15H14N6S.C14H12N6S/c1-12-7-17(28-25-12)24-18-19-21-9-16(14-8-22-26(2)10-14)27(19)11-15(23-18)13-3-5-20-6-4-13;1-12-16(13-3-5-20-6-4-13)19(28-25-12)24-17-18-22-10-15(27(18)8-7-21-17)14-9-23-26(2)11-14;1-13(2)14-4-6-16(7-5-14)23-18-19-21-11-17(25(19)9-8-20-18)15-10-22-24(3)12-15;1-10-5-13(22-9-10)19-14-15-17-7-12(21(15)4-3-16-14)11-6-18-20(2)8-11;1-19-9-10(7-17-19)11-8-16-14-13(15-4-5-20(11)14)18-12-3-2-6-21-12/h7-11,13,20H,3-6H2,1-2H3,(H,23,24);3,7-11,20H,4-6H2,1-2H3,(H,21,24);4-13H,1-3H3,(H,20,23);3-9H,1-2H3,(H,16,19);2-9H,1H3,(H,15,18). The minimum Gasteiger partial charge on any atom is -0.337 e. The Hall–Kier alpha value is -14.3. The van der Waals surface area contributed by atoms with Gasteiger partial charge in [0.05, 0.1) is 118 Å². The number of aryl methyl sites for hydroxylation is 8. The predicted octanol–water partition coefficient (Wildman–Crippen LogP) is 16.3. The van der Waals surface area contributed by atoms with Crippen LogP contribution >= 0.6 is 45.7 Å². The number of benzene rings is 1. The van der Waals surface area contributed by atoms with E-state index >= 15 is 0 Å². The van der Waals surface area contributed by atoms with Crippen molar-refractivity contribution in [2.45, 2.75) is 65.7 Å². The average Bonchev–Trinajstić information content (AvgIpc) is 1.64. The Morgan fingerprint density at radius 1 is 0.435 bits per heavy atom. The summed E-state index contributed by atoms with van der Waals surface area (Å²) in [4.78, 5) is 45.6. The van der Waals surface area contributed by atoms with Gasteiger partial charge in [-0.3, -0.25) is 45.4 Å². The van der Waals surface area contributed by atoms with Crippen molar-refractivity contribution in [1.29, 1.82) is 0 Å². The van der Waals surface area contributed by atoms with Crippen molar-refractivity contribution in [3.8, 4) is 56.3 Å². The topological polar surface area (TPSA) is 350 Å². The number of aromatic nitrogens is 27. The van der Waals surface area contributed by atoms with Gasteiger partial charge >= 0.3 is 0 Å². The first-order valence-electron chi connectivity index (χ1n) is 40.2. The van der Waals surface area contributed by atoms with Crippen LogP contribution in [0.15, 0.2) is 214 Å². The fourth-order valence-corrected chi connectivity index (χ4v) is 17.7. The van der Waals surface area contributed by atoms with E-state index in [4.69, 9.17) is 4.98 Å². The highest BCUT2D eigenvalue weighted by Gasteiger charge is 2.25. The van der Waals surface area contributed by atoms with E-state index in [1.54, 1.807) is 66.2 Å². The summed E-state index contributed by atoms with van der Waals surface area (Å²) in [5.74, 6) is 4.68. The molecule has 19 aromatic heterocycles. The van der Waals surface area contributed by atoms with E-state index in [2.05, 4.69) is 196 Å². The third kappa shape index (κ3) is 17.6. The third-order valence-corrected chi connectivity index (χ3v) is 24.3. The number of imidazole rings is 5. The van der Waals surface area contributed by atoms with Gasteiger partial charge in [-0.25, -0.2) is 49.8 Å². The van der Waals surface area contributed by atoms with Crippen molar-refractivity contribution < 1.29 is 0 Å². The number of rotatable bonds is 18. The van der Waals surface area contributed by atoms with E-state index in [1.165, 1.54) is 45.3 Å². The zero-order valence-corrected chi connectivity index (χ0v) is 72.8. The number of nitrogens with one attached hydrogen (secondary N) is 7. The monoisotopic (exact) mass is 1720 g/mol. The fraction of sp³-hybridized carbons (Fsp3) is 0.221. The number of anilines is 10. The Kier molecular flexibility index (Phi) is 23.3. The van der Waals surface area contributed by atoms with Crippen molar-refractivity contribution in [2.75, 3.05) is 52.8 Å². The maximum Gasteiger partial charge on any atom is 0.180 e. The SMILES string of the molecule is CC(C)c1ccc(Nc2nccn3c(-c4cnn(C)c4)cnc23)cc1.Cc1cc(Nc2nc(C3CCNCC3)cn3c(-c4cnn(C)c4)cnc23)sn1.Cc1csc(Nc2nccn3c(-c4cnn(C)c4)cnc23)c1.Cc1nsc(Nc2nccn3c(-c4cnn(C)c4)cnc23)c1C1=CCNCC1.Cn1cc(-c2cnc3c(Nc4cccs4)nccn23)cn1. The summed E-state index contributed by atoms with van der Waals surface area (Å²) in [5.41, 5.74) is 23.3. The second-order valence-electron chi connectivity index (χ2n) is 30.2. The minimum absolute atomic E-state index is 0.443. The van der Waals surface area contributed by atoms with Crippen LogP contribution in [0.1, 0.15) is 78.7 Å². The quantitative estimate of drug-likeness (QED) is 0.0419. The van der Waals surface area contributed by atoms with Crippen LogP contribution in [0.5, 0.6) is 0 Å². The van der Waals surface area contributed by atoms with Gasteiger partial charge in [-0.05, 0) is 153 Å². The van der Waals surface area contributed by atoms with Gasteiger partial charge in [0.25, 0.3) is 0 Å². The molecule has 626 valence electrons. The second kappa shape index (κ2) is 35.8. The molecule has 0 bridgehead atoms. The number of piperidine rings is 1. The van der Waals surface area contributed by atoms with E-state index in [9.17, 15) is 0 Å². The summed E-state index contributed by atoms with van der Waals surface area (Å²) < 4.78 is 28.1. The van der Waals surface area contributed by atoms with Crippen LogP contribution in [0, 0.1) is 20.8 Å². The van der Waals surface area contributed by atoms with Crippen LogP contribution in [0.2, 0.25) is 0 Å². The first-order chi connectivity index (χ1) is 60.5. The molecule has 2 aliphatic heterocycles. The Morgan fingerprint density at radius 2 is 0.895 bits per heavy atom. The first kappa shape index (κ1) is 80.7. The molecule has 0 atom stereocenters. The highest BCUT2D eigenvalue weighted by atomic mass is 32.1. The van der Waals surface area contributed by atoms with E-state index < -0.39 is 0 Å². The van der Waals surface area contributed by atoms with Crippen LogP contribution in [0.4, 0.5) is 54.8 Å². The maximum absolute atomic E-state index is 4.98. The Balaban J connectivity index is 0.000000106. The largest absolute Gasteiger partial charge is 0.337 e. The maximum atomic E-state index is 4.98. The molecule has 0 aliphatic carbocycles. The lowest BCUT2D eigenvalue weighted by atomic mass is 9.95. The van der Waals surface area contributed by atoms with Gasteiger partial charge in [0.1, 0.15) is 10.0 Å². The van der Waals surface area contributed by atoms with Gasteiger partial charge in [-0.2, -0.15) is 34.2 Å². The molecule has 34 nitrogen and oxygen atoms in total. The third-order valence-electron chi connectivity index (χ3n) is 20.9. The molecular weight excluding hydrogens is 1640 g/mol.